The molecular weight excluding hydrogens is 238 g/mol. The summed E-state index contributed by atoms with van der Waals surface area (Å²) in [5, 5.41) is 4.58. The van der Waals surface area contributed by atoms with Crippen LogP contribution in [0.1, 0.15) is 40.4 Å². The molecule has 0 saturated carbocycles. The Morgan fingerprint density at radius 2 is 2.26 bits per heavy atom. The summed E-state index contributed by atoms with van der Waals surface area (Å²) in [7, 11) is 0. The second-order valence-electron chi connectivity index (χ2n) is 5.35. The zero-order valence-electron chi connectivity index (χ0n) is 11.1. The monoisotopic (exact) mass is 257 g/mol. The van der Waals surface area contributed by atoms with Crippen molar-refractivity contribution < 1.29 is 4.79 Å². The fourth-order valence-electron chi connectivity index (χ4n) is 3.05. The minimum Gasteiger partial charge on any atom is -0.366 e. The maximum Gasteiger partial charge on any atom is 0.250 e. The predicted molar refractivity (Wildman–Crippen MR) is 76.4 cm³/mol. The van der Waals surface area contributed by atoms with E-state index in [9.17, 15) is 4.79 Å². The Morgan fingerprint density at radius 1 is 1.42 bits per heavy atom. The summed E-state index contributed by atoms with van der Waals surface area (Å²) in [5.41, 5.74) is 9.29. The number of rotatable bonds is 2. The number of primary amides is 1. The van der Waals surface area contributed by atoms with Crippen molar-refractivity contribution in [2.75, 3.05) is 13.1 Å². The maximum absolute atomic E-state index is 11.5. The molecule has 2 aromatic rings. The Kier molecular flexibility index (Phi) is 3.03. The van der Waals surface area contributed by atoms with Gasteiger partial charge in [-0.2, -0.15) is 0 Å². The fourth-order valence-corrected chi connectivity index (χ4v) is 3.05. The summed E-state index contributed by atoms with van der Waals surface area (Å²) in [6.45, 7) is 4.12. The van der Waals surface area contributed by atoms with Gasteiger partial charge in [-0.05, 0) is 49.9 Å². The highest BCUT2D eigenvalue weighted by Gasteiger charge is 2.20. The molecule has 4 nitrogen and oxygen atoms in total. The van der Waals surface area contributed by atoms with Gasteiger partial charge in [-0.25, -0.2) is 0 Å². The minimum atomic E-state index is -0.375. The van der Waals surface area contributed by atoms with Gasteiger partial charge in [0.2, 0.25) is 0 Å². The van der Waals surface area contributed by atoms with Gasteiger partial charge in [-0.3, -0.25) is 4.79 Å². The van der Waals surface area contributed by atoms with Crippen LogP contribution in [0.15, 0.2) is 18.2 Å². The van der Waals surface area contributed by atoms with Gasteiger partial charge in [0.1, 0.15) is 0 Å². The molecular formula is C15H19N3O. The topological polar surface area (TPSA) is 70.9 Å². The number of nitrogens with two attached hydrogens (primary N) is 1. The fraction of sp³-hybridized carbons (Fsp3) is 0.400. The van der Waals surface area contributed by atoms with Crippen molar-refractivity contribution in [2.24, 2.45) is 5.73 Å². The molecule has 1 saturated heterocycles. The average Bonchev–Trinajstić information content (AvgIpc) is 2.79. The summed E-state index contributed by atoms with van der Waals surface area (Å²) >= 11 is 0. The minimum absolute atomic E-state index is 0.375. The first kappa shape index (κ1) is 12.2. The van der Waals surface area contributed by atoms with Gasteiger partial charge in [0.25, 0.3) is 5.91 Å². The SMILES string of the molecule is Cc1cc2c([C@@H]3CCCNC3)ccc(C(N)=O)c2[nH]1. The van der Waals surface area contributed by atoms with Crippen molar-refractivity contribution in [1.29, 1.82) is 0 Å². The van der Waals surface area contributed by atoms with Gasteiger partial charge in [0, 0.05) is 17.6 Å². The van der Waals surface area contributed by atoms with E-state index >= 15 is 0 Å². The molecule has 0 spiro atoms. The Balaban J connectivity index is 2.15. The average molecular weight is 257 g/mol. The summed E-state index contributed by atoms with van der Waals surface area (Å²) < 4.78 is 0. The molecule has 1 atom stereocenters. The van der Waals surface area contributed by atoms with Crippen molar-refractivity contribution >= 4 is 16.8 Å². The number of aryl methyl sites for hydroxylation is 1. The first-order valence-corrected chi connectivity index (χ1v) is 6.79. The number of carbonyl (C=O) groups is 1. The second-order valence-corrected chi connectivity index (χ2v) is 5.35. The van der Waals surface area contributed by atoms with Crippen LogP contribution in [-0.2, 0) is 0 Å². The molecule has 1 aliphatic heterocycles. The van der Waals surface area contributed by atoms with Crippen LogP contribution in [0.5, 0.6) is 0 Å². The second kappa shape index (κ2) is 4.70. The van der Waals surface area contributed by atoms with Crippen LogP contribution in [0.2, 0.25) is 0 Å². The molecule has 0 radical (unpaired) electrons. The lowest BCUT2D eigenvalue weighted by Crippen LogP contribution is -2.28. The number of hydrogen-bond donors (Lipinski definition) is 3. The maximum atomic E-state index is 11.5. The van der Waals surface area contributed by atoms with E-state index in [2.05, 4.69) is 22.4 Å². The predicted octanol–water partition coefficient (Wildman–Crippen LogP) is 2.04. The van der Waals surface area contributed by atoms with E-state index in [1.54, 1.807) is 0 Å². The van der Waals surface area contributed by atoms with E-state index in [1.807, 2.05) is 13.0 Å². The number of benzene rings is 1. The van der Waals surface area contributed by atoms with E-state index in [4.69, 9.17) is 5.73 Å². The smallest absolute Gasteiger partial charge is 0.250 e. The third-order valence-corrected chi connectivity index (χ3v) is 3.96. The largest absolute Gasteiger partial charge is 0.366 e. The van der Waals surface area contributed by atoms with E-state index in [0.717, 1.165) is 29.7 Å². The number of amides is 1. The first-order valence-electron chi connectivity index (χ1n) is 6.79. The third-order valence-electron chi connectivity index (χ3n) is 3.96. The van der Waals surface area contributed by atoms with Gasteiger partial charge in [0.05, 0.1) is 11.1 Å². The van der Waals surface area contributed by atoms with Crippen molar-refractivity contribution in [2.45, 2.75) is 25.7 Å². The highest BCUT2D eigenvalue weighted by atomic mass is 16.1. The number of H-pyrrole nitrogens is 1. The number of nitrogens with one attached hydrogen (secondary N) is 2. The van der Waals surface area contributed by atoms with Crippen molar-refractivity contribution in [3.8, 4) is 0 Å². The molecule has 0 unspecified atom stereocenters. The Bertz CT molecular complexity index is 624. The van der Waals surface area contributed by atoms with Gasteiger partial charge < -0.3 is 16.0 Å². The van der Waals surface area contributed by atoms with Gasteiger partial charge >= 0.3 is 0 Å². The van der Waals surface area contributed by atoms with E-state index in [1.165, 1.54) is 18.4 Å². The number of piperidine rings is 1. The summed E-state index contributed by atoms with van der Waals surface area (Å²) in [6.07, 6.45) is 2.40. The van der Waals surface area contributed by atoms with Crippen LogP contribution >= 0.6 is 0 Å². The number of fused-ring (bicyclic) bond motifs is 1. The van der Waals surface area contributed by atoms with Crippen LogP contribution in [0.25, 0.3) is 10.9 Å². The molecule has 0 aliphatic carbocycles. The zero-order chi connectivity index (χ0) is 13.4. The standard InChI is InChI=1S/C15H19N3O/c1-9-7-13-11(10-3-2-6-17-8-10)4-5-12(15(16)19)14(13)18-9/h4-5,7,10,17-18H,2-3,6,8H2,1H3,(H2,16,19)/t10-/m1/s1. The summed E-state index contributed by atoms with van der Waals surface area (Å²) in [5.74, 6) is 0.147. The lowest BCUT2D eigenvalue weighted by molar-refractivity contribution is 0.100. The van der Waals surface area contributed by atoms with E-state index in [0.29, 0.717) is 11.5 Å². The molecule has 19 heavy (non-hydrogen) atoms. The molecule has 1 aromatic carbocycles. The molecule has 1 aliphatic rings. The third kappa shape index (κ3) is 2.12. The zero-order valence-corrected chi connectivity index (χ0v) is 11.1. The van der Waals surface area contributed by atoms with Crippen molar-refractivity contribution in [3.05, 3.63) is 35.0 Å². The number of carbonyl (C=O) groups excluding carboxylic acids is 1. The van der Waals surface area contributed by atoms with Crippen LogP contribution in [0.4, 0.5) is 0 Å². The van der Waals surface area contributed by atoms with Gasteiger partial charge in [0.15, 0.2) is 0 Å². The quantitative estimate of drug-likeness (QED) is 0.770. The molecule has 1 amide bonds. The van der Waals surface area contributed by atoms with Crippen LogP contribution in [-0.4, -0.2) is 24.0 Å². The number of aromatic nitrogens is 1. The normalized spacial score (nSPS) is 19.7. The Morgan fingerprint density at radius 3 is 2.95 bits per heavy atom. The lowest BCUT2D eigenvalue weighted by atomic mass is 9.88. The molecule has 4 heteroatoms. The highest BCUT2D eigenvalue weighted by Crippen LogP contribution is 2.32. The lowest BCUT2D eigenvalue weighted by Gasteiger charge is -2.24. The van der Waals surface area contributed by atoms with Crippen molar-refractivity contribution in [1.82, 2.24) is 10.3 Å². The summed E-state index contributed by atoms with van der Waals surface area (Å²) in [4.78, 5) is 14.8. The molecule has 1 fully saturated rings. The van der Waals surface area contributed by atoms with Crippen LogP contribution in [0.3, 0.4) is 0 Å². The molecule has 0 bridgehead atoms. The Labute approximate surface area is 112 Å². The van der Waals surface area contributed by atoms with E-state index < -0.39 is 0 Å². The highest BCUT2D eigenvalue weighted by molar-refractivity contribution is 6.06. The van der Waals surface area contributed by atoms with Crippen LogP contribution < -0.4 is 11.1 Å². The number of hydrogen-bond acceptors (Lipinski definition) is 2. The van der Waals surface area contributed by atoms with Gasteiger partial charge in [-0.15, -0.1) is 0 Å². The Hall–Kier alpha value is -1.81. The van der Waals surface area contributed by atoms with E-state index in [-0.39, 0.29) is 5.91 Å². The number of aromatic amines is 1. The van der Waals surface area contributed by atoms with Crippen LogP contribution in [0, 0.1) is 6.92 Å². The molecule has 3 rings (SSSR count). The molecule has 1 aromatic heterocycles. The molecule has 100 valence electrons. The summed E-state index contributed by atoms with van der Waals surface area (Å²) in [6, 6.07) is 6.03. The molecule has 4 N–H and O–H groups in total. The molecule has 2 heterocycles. The van der Waals surface area contributed by atoms with Crippen molar-refractivity contribution in [3.63, 3.8) is 0 Å². The van der Waals surface area contributed by atoms with Gasteiger partial charge in [-0.1, -0.05) is 6.07 Å². The first-order chi connectivity index (χ1) is 9.16.